The number of nitrogens with zero attached hydrogens (tertiary/aromatic N) is 2. The zero-order valence-electron chi connectivity index (χ0n) is 11.5. The van der Waals surface area contributed by atoms with Crippen LogP contribution in [-0.4, -0.2) is 23.2 Å². The van der Waals surface area contributed by atoms with E-state index in [4.69, 9.17) is 5.73 Å². The topological polar surface area (TPSA) is 58.7 Å². The highest BCUT2D eigenvalue weighted by Crippen LogP contribution is 2.24. The molecule has 0 fully saturated rings. The number of carbonyl (C=O) groups is 1. The van der Waals surface area contributed by atoms with E-state index >= 15 is 0 Å². The molecule has 0 spiro atoms. The van der Waals surface area contributed by atoms with Crippen LogP contribution in [0.2, 0.25) is 0 Å². The lowest BCUT2D eigenvalue weighted by Gasteiger charge is -2.14. The zero-order chi connectivity index (χ0) is 13.8. The van der Waals surface area contributed by atoms with Crippen LogP contribution in [0.25, 0.3) is 0 Å². The molecule has 2 rings (SSSR count). The van der Waals surface area contributed by atoms with Gasteiger partial charge in [-0.1, -0.05) is 44.2 Å². The second-order valence-electron chi connectivity index (χ2n) is 5.19. The first-order chi connectivity index (χ1) is 9.13. The highest BCUT2D eigenvalue weighted by molar-refractivity contribution is 6.08. The van der Waals surface area contributed by atoms with Crippen LogP contribution in [0.3, 0.4) is 0 Å². The largest absolute Gasteiger partial charge is 0.330 e. The zero-order valence-corrected chi connectivity index (χ0v) is 11.5. The average molecular weight is 259 g/mol. The molecule has 4 nitrogen and oxygen atoms in total. The average Bonchev–Trinajstić information content (AvgIpc) is 2.70. The maximum Gasteiger partial charge on any atom is 0.251 e. The molecule has 1 amide bonds. The van der Waals surface area contributed by atoms with Gasteiger partial charge in [0.1, 0.15) is 0 Å². The SMILES string of the molecule is CC(C)C1=NN(Cc2ccccc2)C(=O)C1CCN. The van der Waals surface area contributed by atoms with Gasteiger partial charge in [0, 0.05) is 0 Å². The van der Waals surface area contributed by atoms with E-state index in [0.717, 1.165) is 11.3 Å². The lowest BCUT2D eigenvalue weighted by atomic mass is 9.92. The Morgan fingerprint density at radius 1 is 1.32 bits per heavy atom. The molecule has 0 bridgehead atoms. The fourth-order valence-corrected chi connectivity index (χ4v) is 2.39. The Kier molecular flexibility index (Phi) is 4.32. The van der Waals surface area contributed by atoms with Crippen LogP contribution < -0.4 is 5.73 Å². The maximum absolute atomic E-state index is 12.4. The number of hydrogen-bond donors (Lipinski definition) is 1. The van der Waals surface area contributed by atoms with Crippen LogP contribution in [0.15, 0.2) is 35.4 Å². The van der Waals surface area contributed by atoms with Crippen LogP contribution in [0.1, 0.15) is 25.8 Å². The van der Waals surface area contributed by atoms with Gasteiger partial charge < -0.3 is 5.73 Å². The molecule has 19 heavy (non-hydrogen) atoms. The Morgan fingerprint density at radius 2 is 2.00 bits per heavy atom. The van der Waals surface area contributed by atoms with E-state index in [-0.39, 0.29) is 17.7 Å². The van der Waals surface area contributed by atoms with Gasteiger partial charge >= 0.3 is 0 Å². The minimum atomic E-state index is -0.131. The quantitative estimate of drug-likeness (QED) is 0.879. The molecule has 1 aliphatic rings. The number of nitrogens with two attached hydrogens (primary N) is 1. The number of hydrazone groups is 1. The van der Waals surface area contributed by atoms with Crippen molar-refractivity contribution in [1.82, 2.24) is 5.01 Å². The molecule has 1 heterocycles. The summed E-state index contributed by atoms with van der Waals surface area (Å²) in [6.07, 6.45) is 0.682. The van der Waals surface area contributed by atoms with Gasteiger partial charge in [0.05, 0.1) is 18.2 Å². The Labute approximate surface area is 114 Å². The van der Waals surface area contributed by atoms with Crippen LogP contribution in [0.5, 0.6) is 0 Å². The smallest absolute Gasteiger partial charge is 0.251 e. The molecule has 4 heteroatoms. The predicted molar refractivity (Wildman–Crippen MR) is 76.4 cm³/mol. The van der Waals surface area contributed by atoms with E-state index in [1.807, 2.05) is 30.3 Å². The van der Waals surface area contributed by atoms with Crippen molar-refractivity contribution >= 4 is 11.6 Å². The third kappa shape index (κ3) is 3.01. The van der Waals surface area contributed by atoms with E-state index in [2.05, 4.69) is 18.9 Å². The molecule has 1 aliphatic heterocycles. The summed E-state index contributed by atoms with van der Waals surface area (Å²) < 4.78 is 0. The molecular formula is C15H21N3O. The van der Waals surface area contributed by atoms with Crippen LogP contribution in [-0.2, 0) is 11.3 Å². The molecule has 1 aromatic rings. The maximum atomic E-state index is 12.4. The summed E-state index contributed by atoms with van der Waals surface area (Å²) in [4.78, 5) is 12.4. The number of carbonyl (C=O) groups excluding carboxylic acids is 1. The highest BCUT2D eigenvalue weighted by atomic mass is 16.2. The van der Waals surface area contributed by atoms with E-state index < -0.39 is 0 Å². The van der Waals surface area contributed by atoms with Gasteiger partial charge in [-0.15, -0.1) is 0 Å². The van der Waals surface area contributed by atoms with Gasteiger partial charge in [-0.05, 0) is 24.4 Å². The number of rotatable bonds is 5. The minimum Gasteiger partial charge on any atom is -0.330 e. The molecule has 0 saturated carbocycles. The molecule has 2 N–H and O–H groups in total. The Bertz CT molecular complexity index is 468. The lowest BCUT2D eigenvalue weighted by Crippen LogP contribution is -2.30. The van der Waals surface area contributed by atoms with Gasteiger partial charge in [0.25, 0.3) is 5.91 Å². The summed E-state index contributed by atoms with van der Waals surface area (Å²) in [6.45, 7) is 5.20. The molecule has 0 aliphatic carbocycles. The van der Waals surface area contributed by atoms with Crippen molar-refractivity contribution in [3.63, 3.8) is 0 Å². The van der Waals surface area contributed by atoms with E-state index in [0.29, 0.717) is 19.5 Å². The standard InChI is InChI=1S/C15H21N3O/c1-11(2)14-13(8-9-16)15(19)18(17-14)10-12-6-4-3-5-7-12/h3-7,11,13H,8-10,16H2,1-2H3. The third-order valence-corrected chi connectivity index (χ3v) is 3.37. The number of hydrogen-bond acceptors (Lipinski definition) is 3. The summed E-state index contributed by atoms with van der Waals surface area (Å²) in [5.74, 6) is 0.230. The molecule has 1 unspecified atom stereocenters. The summed E-state index contributed by atoms with van der Waals surface area (Å²) in [6, 6.07) is 9.93. The second kappa shape index (κ2) is 5.97. The van der Waals surface area contributed by atoms with E-state index in [9.17, 15) is 4.79 Å². The lowest BCUT2D eigenvalue weighted by molar-refractivity contribution is -0.132. The van der Waals surface area contributed by atoms with Crippen molar-refractivity contribution in [2.24, 2.45) is 22.7 Å². The molecule has 0 radical (unpaired) electrons. The third-order valence-electron chi connectivity index (χ3n) is 3.37. The van der Waals surface area contributed by atoms with E-state index in [1.54, 1.807) is 5.01 Å². The fourth-order valence-electron chi connectivity index (χ4n) is 2.39. The first-order valence-electron chi connectivity index (χ1n) is 6.77. The summed E-state index contributed by atoms with van der Waals surface area (Å²) in [5.41, 5.74) is 7.66. The van der Waals surface area contributed by atoms with Crippen molar-refractivity contribution < 1.29 is 4.79 Å². The molecule has 0 saturated heterocycles. The van der Waals surface area contributed by atoms with Gasteiger partial charge in [0.2, 0.25) is 0 Å². The van der Waals surface area contributed by atoms with Crippen LogP contribution >= 0.6 is 0 Å². The summed E-state index contributed by atoms with van der Waals surface area (Å²) in [5, 5.41) is 6.10. The van der Waals surface area contributed by atoms with Gasteiger partial charge in [-0.3, -0.25) is 4.79 Å². The molecule has 0 aromatic heterocycles. The monoisotopic (exact) mass is 259 g/mol. The molecule has 1 aromatic carbocycles. The number of benzene rings is 1. The van der Waals surface area contributed by atoms with Crippen molar-refractivity contribution in [3.05, 3.63) is 35.9 Å². The highest BCUT2D eigenvalue weighted by Gasteiger charge is 2.36. The Hall–Kier alpha value is -1.68. The molecule has 1 atom stereocenters. The van der Waals surface area contributed by atoms with Gasteiger partial charge in [-0.2, -0.15) is 5.10 Å². The summed E-state index contributed by atoms with van der Waals surface area (Å²) in [7, 11) is 0. The Morgan fingerprint density at radius 3 is 2.58 bits per heavy atom. The normalized spacial score (nSPS) is 19.2. The molecular weight excluding hydrogens is 238 g/mol. The van der Waals surface area contributed by atoms with Gasteiger partial charge in [0.15, 0.2) is 0 Å². The molecule has 102 valence electrons. The number of amides is 1. The first-order valence-corrected chi connectivity index (χ1v) is 6.77. The minimum absolute atomic E-state index is 0.0815. The predicted octanol–water partition coefficient (Wildman–Crippen LogP) is 2.01. The Balaban J connectivity index is 2.16. The van der Waals surface area contributed by atoms with Crippen molar-refractivity contribution in [2.45, 2.75) is 26.8 Å². The van der Waals surface area contributed by atoms with Gasteiger partial charge in [-0.25, -0.2) is 5.01 Å². The van der Waals surface area contributed by atoms with Crippen molar-refractivity contribution in [2.75, 3.05) is 6.54 Å². The van der Waals surface area contributed by atoms with Crippen molar-refractivity contribution in [3.8, 4) is 0 Å². The fraction of sp³-hybridized carbons (Fsp3) is 0.467. The van der Waals surface area contributed by atoms with E-state index in [1.165, 1.54) is 0 Å². The van der Waals surface area contributed by atoms with Crippen LogP contribution in [0, 0.1) is 11.8 Å². The second-order valence-corrected chi connectivity index (χ2v) is 5.19. The van der Waals surface area contributed by atoms with Crippen LogP contribution in [0.4, 0.5) is 0 Å². The first kappa shape index (κ1) is 13.7. The summed E-state index contributed by atoms with van der Waals surface area (Å²) >= 11 is 0. The van der Waals surface area contributed by atoms with Crippen molar-refractivity contribution in [1.29, 1.82) is 0 Å².